The van der Waals surface area contributed by atoms with Crippen molar-refractivity contribution in [1.29, 1.82) is 0 Å². The van der Waals surface area contributed by atoms with Gasteiger partial charge in [-0.25, -0.2) is 9.69 Å². The number of benzene rings is 3. The van der Waals surface area contributed by atoms with Crippen LogP contribution in [0.3, 0.4) is 0 Å². The molecular formula is C29H27N3O7. The molecule has 200 valence electrons. The number of urea groups is 1. The third kappa shape index (κ3) is 5.80. The Labute approximate surface area is 225 Å². The molecule has 0 unspecified atom stereocenters. The van der Waals surface area contributed by atoms with Gasteiger partial charge in [0.25, 0.3) is 17.5 Å². The van der Waals surface area contributed by atoms with Gasteiger partial charge in [-0.2, -0.15) is 0 Å². The molecule has 3 aromatic rings. The quantitative estimate of drug-likeness (QED) is 0.194. The van der Waals surface area contributed by atoms with Crippen LogP contribution in [0.15, 0.2) is 72.3 Å². The Morgan fingerprint density at radius 3 is 2.23 bits per heavy atom. The van der Waals surface area contributed by atoms with Gasteiger partial charge in [0.2, 0.25) is 0 Å². The van der Waals surface area contributed by atoms with Gasteiger partial charge in [-0.1, -0.05) is 63.2 Å². The molecule has 0 radical (unpaired) electrons. The monoisotopic (exact) mass is 529 g/mol. The minimum absolute atomic E-state index is 0.0696. The number of amides is 4. The van der Waals surface area contributed by atoms with E-state index in [2.05, 4.69) is 5.32 Å². The number of nitro groups is 1. The number of nitrogens with zero attached hydrogens (tertiary/aromatic N) is 2. The second-order valence-corrected chi connectivity index (χ2v) is 9.85. The second kappa shape index (κ2) is 10.8. The van der Waals surface area contributed by atoms with Crippen molar-refractivity contribution in [2.24, 2.45) is 0 Å². The van der Waals surface area contributed by atoms with Crippen LogP contribution < -0.4 is 19.7 Å². The van der Waals surface area contributed by atoms with Crippen LogP contribution in [0.4, 0.5) is 16.2 Å². The highest BCUT2D eigenvalue weighted by atomic mass is 16.6. The molecule has 3 aromatic carbocycles. The Balaban J connectivity index is 1.71. The number of carbonyl (C=O) groups is 3. The smallest absolute Gasteiger partial charge is 0.335 e. The largest absolute Gasteiger partial charge is 0.493 e. The van der Waals surface area contributed by atoms with Crippen LogP contribution >= 0.6 is 0 Å². The molecule has 0 aromatic heterocycles. The summed E-state index contributed by atoms with van der Waals surface area (Å²) in [5, 5.41) is 14.1. The lowest BCUT2D eigenvalue weighted by Crippen LogP contribution is -2.54. The zero-order chi connectivity index (χ0) is 28.3. The van der Waals surface area contributed by atoms with Gasteiger partial charge >= 0.3 is 6.03 Å². The molecule has 1 aliphatic heterocycles. The van der Waals surface area contributed by atoms with Crippen LogP contribution in [0.1, 0.15) is 37.5 Å². The third-order valence-corrected chi connectivity index (χ3v) is 6.14. The van der Waals surface area contributed by atoms with E-state index in [4.69, 9.17) is 9.47 Å². The Morgan fingerprint density at radius 1 is 0.974 bits per heavy atom. The van der Waals surface area contributed by atoms with Crippen molar-refractivity contribution >= 4 is 35.3 Å². The van der Waals surface area contributed by atoms with Gasteiger partial charge in [0.05, 0.1) is 29.4 Å². The van der Waals surface area contributed by atoms with Crippen molar-refractivity contribution in [3.63, 3.8) is 0 Å². The van der Waals surface area contributed by atoms with E-state index >= 15 is 0 Å². The molecule has 0 aliphatic carbocycles. The van der Waals surface area contributed by atoms with Crippen molar-refractivity contribution in [3.05, 3.63) is 99.1 Å². The number of ether oxygens (including phenoxy) is 2. The number of hydrogen-bond donors (Lipinski definition) is 1. The van der Waals surface area contributed by atoms with Crippen LogP contribution in [-0.2, 0) is 21.6 Å². The van der Waals surface area contributed by atoms with Gasteiger partial charge < -0.3 is 9.47 Å². The maximum Gasteiger partial charge on any atom is 0.335 e. The van der Waals surface area contributed by atoms with Crippen molar-refractivity contribution in [1.82, 2.24) is 5.32 Å². The normalized spacial score (nSPS) is 14.8. The summed E-state index contributed by atoms with van der Waals surface area (Å²) in [6.07, 6.45) is 1.07. The summed E-state index contributed by atoms with van der Waals surface area (Å²) in [7, 11) is 1.37. The molecule has 0 saturated carbocycles. The Hall–Kier alpha value is -4.99. The molecule has 0 bridgehead atoms. The SMILES string of the molecule is COc1cc(/C=C2\C(=O)NC(=O)N(c3ccc(C(C)(C)C)cc3)C2=O)c([N+](=O)[O-])cc1OCc1ccccc1. The summed E-state index contributed by atoms with van der Waals surface area (Å²) in [6.45, 7) is 6.22. The van der Waals surface area contributed by atoms with E-state index in [-0.39, 0.29) is 34.8 Å². The first kappa shape index (κ1) is 27.1. The van der Waals surface area contributed by atoms with Gasteiger partial charge in [-0.3, -0.25) is 25.0 Å². The number of nitro benzene ring substituents is 1. The number of barbiturate groups is 1. The molecule has 1 heterocycles. The number of carbonyl (C=O) groups excluding carboxylic acids is 3. The number of methoxy groups -OCH3 is 1. The molecule has 0 spiro atoms. The molecule has 1 aliphatic rings. The van der Waals surface area contributed by atoms with Crippen LogP contribution in [0, 0.1) is 10.1 Å². The van der Waals surface area contributed by atoms with E-state index in [0.717, 1.165) is 22.1 Å². The Bertz CT molecular complexity index is 1470. The molecule has 4 amide bonds. The molecule has 39 heavy (non-hydrogen) atoms. The number of rotatable bonds is 7. The fraction of sp³-hybridized carbons (Fsp3) is 0.207. The van der Waals surface area contributed by atoms with E-state index in [1.807, 2.05) is 51.1 Å². The molecule has 4 rings (SSSR count). The standard InChI is InChI=1S/C29H27N3O7/c1-29(2,3)20-10-12-21(13-11-20)31-27(34)22(26(33)30-28(31)35)14-19-15-24(38-4)25(16-23(19)32(36)37)39-17-18-8-6-5-7-9-18/h5-16H,17H2,1-4H3,(H,30,33,35)/b22-14+. The first-order chi connectivity index (χ1) is 18.5. The molecule has 1 fully saturated rings. The van der Waals surface area contributed by atoms with E-state index in [9.17, 15) is 24.5 Å². The zero-order valence-electron chi connectivity index (χ0n) is 21.9. The first-order valence-electron chi connectivity index (χ1n) is 12.0. The minimum Gasteiger partial charge on any atom is -0.493 e. The molecule has 1 N–H and O–H groups in total. The maximum absolute atomic E-state index is 13.3. The van der Waals surface area contributed by atoms with Crippen molar-refractivity contribution in [3.8, 4) is 11.5 Å². The van der Waals surface area contributed by atoms with Crippen molar-refractivity contribution in [2.75, 3.05) is 12.0 Å². The number of anilines is 1. The maximum atomic E-state index is 13.3. The predicted molar refractivity (Wildman–Crippen MR) is 145 cm³/mol. The Kier molecular flexibility index (Phi) is 7.48. The van der Waals surface area contributed by atoms with Crippen molar-refractivity contribution in [2.45, 2.75) is 32.8 Å². The lowest BCUT2D eigenvalue weighted by Gasteiger charge is -2.27. The van der Waals surface area contributed by atoms with Crippen LogP contribution in [0.2, 0.25) is 0 Å². The van der Waals surface area contributed by atoms with E-state index in [1.54, 1.807) is 24.3 Å². The highest BCUT2D eigenvalue weighted by Gasteiger charge is 2.37. The molecule has 0 atom stereocenters. The lowest BCUT2D eigenvalue weighted by molar-refractivity contribution is -0.385. The van der Waals surface area contributed by atoms with E-state index in [1.165, 1.54) is 19.2 Å². The second-order valence-electron chi connectivity index (χ2n) is 9.85. The fourth-order valence-electron chi connectivity index (χ4n) is 4.00. The Morgan fingerprint density at radius 2 is 1.64 bits per heavy atom. The van der Waals surface area contributed by atoms with E-state index in [0.29, 0.717) is 0 Å². The number of imide groups is 2. The summed E-state index contributed by atoms with van der Waals surface area (Å²) in [4.78, 5) is 50.7. The zero-order valence-corrected chi connectivity index (χ0v) is 21.9. The summed E-state index contributed by atoms with van der Waals surface area (Å²) in [6, 6.07) is 17.6. The average molecular weight is 530 g/mol. The first-order valence-corrected chi connectivity index (χ1v) is 12.0. The van der Waals surface area contributed by atoms with Crippen LogP contribution in [0.5, 0.6) is 11.5 Å². The minimum atomic E-state index is -0.967. The summed E-state index contributed by atoms with van der Waals surface area (Å²) < 4.78 is 11.1. The highest BCUT2D eigenvalue weighted by Crippen LogP contribution is 2.37. The fourth-order valence-corrected chi connectivity index (χ4v) is 4.00. The predicted octanol–water partition coefficient (Wildman–Crippen LogP) is 5.15. The van der Waals surface area contributed by atoms with Crippen LogP contribution in [-0.4, -0.2) is 29.9 Å². The van der Waals surface area contributed by atoms with Gasteiger partial charge in [0.15, 0.2) is 11.5 Å². The number of hydrogen-bond acceptors (Lipinski definition) is 7. The molecule has 1 saturated heterocycles. The van der Waals surface area contributed by atoms with E-state index < -0.39 is 34.0 Å². The molecule has 10 heteroatoms. The summed E-state index contributed by atoms with van der Waals surface area (Å²) >= 11 is 0. The lowest BCUT2D eigenvalue weighted by atomic mass is 9.87. The highest BCUT2D eigenvalue weighted by molar-refractivity contribution is 6.39. The number of nitrogens with one attached hydrogen (secondary N) is 1. The summed E-state index contributed by atoms with van der Waals surface area (Å²) in [5.74, 6) is -1.60. The third-order valence-electron chi connectivity index (χ3n) is 6.14. The molecule has 10 nitrogen and oxygen atoms in total. The van der Waals surface area contributed by atoms with Gasteiger partial charge in [0.1, 0.15) is 12.2 Å². The van der Waals surface area contributed by atoms with Crippen molar-refractivity contribution < 1.29 is 28.8 Å². The van der Waals surface area contributed by atoms with Gasteiger partial charge in [-0.15, -0.1) is 0 Å². The van der Waals surface area contributed by atoms with Gasteiger partial charge in [-0.05, 0) is 40.8 Å². The topological polar surface area (TPSA) is 128 Å². The molecular weight excluding hydrogens is 502 g/mol. The van der Waals surface area contributed by atoms with Crippen LogP contribution in [0.25, 0.3) is 6.08 Å². The average Bonchev–Trinajstić information content (AvgIpc) is 2.90. The summed E-state index contributed by atoms with van der Waals surface area (Å²) in [5.41, 5.74) is 1.00. The van der Waals surface area contributed by atoms with Gasteiger partial charge in [0, 0.05) is 0 Å².